The van der Waals surface area contributed by atoms with Crippen molar-refractivity contribution in [2.24, 2.45) is 0 Å². The number of fused-ring (bicyclic) bond motifs is 10. The molecule has 0 saturated carbocycles. The number of nitrogens with zero attached hydrogens (tertiary/aromatic N) is 2. The normalized spacial score (nSPS) is 11.8. The first-order chi connectivity index (χ1) is 33.7. The zero-order valence-corrected chi connectivity index (χ0v) is 37.6. The Morgan fingerprint density at radius 3 is 1.85 bits per heavy atom. The van der Waals surface area contributed by atoms with Crippen LogP contribution in [0.2, 0.25) is 0 Å². The molecule has 0 aliphatic heterocycles. The molecule has 14 rings (SSSR count). The summed E-state index contributed by atoms with van der Waals surface area (Å²) in [5, 5.41) is 9.67. The summed E-state index contributed by atoms with van der Waals surface area (Å²) in [6, 6.07) is 88.3. The van der Waals surface area contributed by atoms with Gasteiger partial charge in [0.25, 0.3) is 0 Å². The smallest absolute Gasteiger partial charge is 0.145 e. The molecule has 11 aromatic carbocycles. The zero-order chi connectivity index (χ0) is 44.7. The molecular weight excluding hydrogens is 845 g/mol. The Bertz CT molecular complexity index is 4230. The van der Waals surface area contributed by atoms with Crippen LogP contribution in [0, 0.1) is 0 Å². The number of thiophene rings is 1. The van der Waals surface area contributed by atoms with Gasteiger partial charge in [0, 0.05) is 64.2 Å². The van der Waals surface area contributed by atoms with E-state index < -0.39 is 0 Å². The number of furan rings is 1. The summed E-state index contributed by atoms with van der Waals surface area (Å²) in [4.78, 5) is 2.46. The summed E-state index contributed by atoms with van der Waals surface area (Å²) in [5.74, 6) is 0. The van der Waals surface area contributed by atoms with E-state index in [0.717, 1.165) is 72.5 Å². The Hall–Kier alpha value is -8.70. The van der Waals surface area contributed by atoms with Gasteiger partial charge in [0.15, 0.2) is 0 Å². The van der Waals surface area contributed by atoms with E-state index in [1.807, 2.05) is 11.3 Å². The van der Waals surface area contributed by atoms with E-state index in [4.69, 9.17) is 4.42 Å². The Labute approximate surface area is 396 Å². The molecule has 3 aromatic heterocycles. The SMILES string of the molecule is c1cc(-c2ccc3ccccc3c2)cc(N(c2ccccc2-c2ccc3sc4ccccc4c3c2)c2ccc3c(oc4ccccc43)c2-c2ccc(-n3c4ccccc4c4ccccc43)cc2)c1. The maximum atomic E-state index is 7.02. The summed E-state index contributed by atoms with van der Waals surface area (Å²) < 4.78 is 12.0. The van der Waals surface area contributed by atoms with Crippen molar-refractivity contribution in [2.75, 3.05) is 4.90 Å². The van der Waals surface area contributed by atoms with E-state index in [0.29, 0.717) is 0 Å². The molecule has 0 atom stereocenters. The van der Waals surface area contributed by atoms with Crippen LogP contribution >= 0.6 is 11.3 Å². The second-order valence-electron chi connectivity index (χ2n) is 17.6. The monoisotopic (exact) mass is 884 g/mol. The van der Waals surface area contributed by atoms with E-state index in [1.54, 1.807) is 0 Å². The van der Waals surface area contributed by atoms with Crippen LogP contribution in [0.1, 0.15) is 0 Å². The van der Waals surface area contributed by atoms with Crippen LogP contribution < -0.4 is 4.90 Å². The predicted molar refractivity (Wildman–Crippen MR) is 289 cm³/mol. The summed E-state index contributed by atoms with van der Waals surface area (Å²) in [5.41, 5.74) is 15.0. The Kier molecular flexibility index (Phi) is 8.76. The molecule has 3 heterocycles. The van der Waals surface area contributed by atoms with Crippen LogP contribution in [0.3, 0.4) is 0 Å². The topological polar surface area (TPSA) is 21.3 Å². The van der Waals surface area contributed by atoms with Crippen molar-refractivity contribution in [3.8, 4) is 39.1 Å². The second-order valence-corrected chi connectivity index (χ2v) is 18.7. The first-order valence-corrected chi connectivity index (χ1v) is 24.0. The number of hydrogen-bond acceptors (Lipinski definition) is 3. The van der Waals surface area contributed by atoms with Crippen LogP contribution in [-0.2, 0) is 0 Å². The maximum Gasteiger partial charge on any atom is 0.145 e. The van der Waals surface area contributed by atoms with E-state index >= 15 is 0 Å². The lowest BCUT2D eigenvalue weighted by Gasteiger charge is -2.30. The number of benzene rings is 11. The fourth-order valence-corrected chi connectivity index (χ4v) is 11.7. The highest BCUT2D eigenvalue weighted by Crippen LogP contribution is 2.50. The molecule has 0 aliphatic rings. The van der Waals surface area contributed by atoms with E-state index in [-0.39, 0.29) is 0 Å². The first-order valence-electron chi connectivity index (χ1n) is 23.2. The van der Waals surface area contributed by atoms with Crippen LogP contribution in [-0.4, -0.2) is 4.57 Å². The Balaban J connectivity index is 1.02. The minimum absolute atomic E-state index is 0.854. The van der Waals surface area contributed by atoms with Crippen molar-refractivity contribution < 1.29 is 4.42 Å². The first kappa shape index (κ1) is 38.6. The molecule has 0 aliphatic carbocycles. The third-order valence-electron chi connectivity index (χ3n) is 13.8. The van der Waals surface area contributed by atoms with Gasteiger partial charge in [-0.3, -0.25) is 0 Å². The lowest BCUT2D eigenvalue weighted by Crippen LogP contribution is -2.12. The van der Waals surface area contributed by atoms with Gasteiger partial charge in [0.05, 0.1) is 22.4 Å². The van der Waals surface area contributed by atoms with Crippen molar-refractivity contribution in [2.45, 2.75) is 0 Å². The Morgan fingerprint density at radius 1 is 0.368 bits per heavy atom. The van der Waals surface area contributed by atoms with E-state index in [1.165, 1.54) is 58.3 Å². The van der Waals surface area contributed by atoms with Crippen molar-refractivity contribution >= 4 is 103 Å². The van der Waals surface area contributed by atoms with Gasteiger partial charge in [-0.1, -0.05) is 158 Å². The summed E-state index contributed by atoms with van der Waals surface area (Å²) >= 11 is 1.85. The Morgan fingerprint density at radius 2 is 1.01 bits per heavy atom. The molecule has 68 heavy (non-hydrogen) atoms. The van der Waals surface area contributed by atoms with Crippen molar-refractivity contribution in [3.63, 3.8) is 0 Å². The third kappa shape index (κ3) is 6.12. The molecule has 0 N–H and O–H groups in total. The number of hydrogen-bond donors (Lipinski definition) is 0. The molecule has 0 amide bonds. The lowest BCUT2D eigenvalue weighted by atomic mass is 9.95. The number of para-hydroxylation sites is 4. The molecule has 0 saturated heterocycles. The molecule has 14 aromatic rings. The summed E-state index contributed by atoms with van der Waals surface area (Å²) in [6.07, 6.45) is 0. The highest BCUT2D eigenvalue weighted by atomic mass is 32.1. The maximum absolute atomic E-state index is 7.02. The van der Waals surface area contributed by atoms with E-state index in [2.05, 4.69) is 252 Å². The highest BCUT2D eigenvalue weighted by molar-refractivity contribution is 7.25. The van der Waals surface area contributed by atoms with Crippen LogP contribution in [0.25, 0.3) is 114 Å². The third-order valence-corrected chi connectivity index (χ3v) is 14.9. The van der Waals surface area contributed by atoms with Gasteiger partial charge in [-0.15, -0.1) is 11.3 Å². The molecule has 0 fully saturated rings. The van der Waals surface area contributed by atoms with Gasteiger partial charge in [-0.2, -0.15) is 0 Å². The molecule has 0 unspecified atom stereocenters. The van der Waals surface area contributed by atoms with E-state index in [9.17, 15) is 0 Å². The average molecular weight is 885 g/mol. The van der Waals surface area contributed by atoms with Crippen molar-refractivity contribution in [1.82, 2.24) is 4.57 Å². The number of aromatic nitrogens is 1. The van der Waals surface area contributed by atoms with Gasteiger partial charge in [-0.05, 0) is 118 Å². The highest BCUT2D eigenvalue weighted by Gasteiger charge is 2.25. The molecule has 0 spiro atoms. The summed E-state index contributed by atoms with van der Waals surface area (Å²) in [7, 11) is 0. The zero-order valence-electron chi connectivity index (χ0n) is 36.8. The van der Waals surface area contributed by atoms with Crippen molar-refractivity contribution in [3.05, 3.63) is 243 Å². The minimum Gasteiger partial charge on any atom is -0.455 e. The molecule has 0 bridgehead atoms. The van der Waals surface area contributed by atoms with Crippen LogP contribution in [0.5, 0.6) is 0 Å². The van der Waals surface area contributed by atoms with Crippen LogP contribution in [0.15, 0.2) is 247 Å². The van der Waals surface area contributed by atoms with Gasteiger partial charge in [0.2, 0.25) is 0 Å². The van der Waals surface area contributed by atoms with Gasteiger partial charge < -0.3 is 13.9 Å². The quantitative estimate of drug-likeness (QED) is 0.159. The molecule has 318 valence electrons. The molecule has 3 nitrogen and oxygen atoms in total. The minimum atomic E-state index is 0.854. The van der Waals surface area contributed by atoms with Gasteiger partial charge in [0.1, 0.15) is 11.2 Å². The molecule has 0 radical (unpaired) electrons. The fraction of sp³-hybridized carbons (Fsp3) is 0. The van der Waals surface area contributed by atoms with Gasteiger partial charge in [-0.25, -0.2) is 0 Å². The number of rotatable bonds is 7. The molecular formula is C64H40N2OS. The summed E-state index contributed by atoms with van der Waals surface area (Å²) in [6.45, 7) is 0. The number of anilines is 3. The van der Waals surface area contributed by atoms with Crippen molar-refractivity contribution in [1.29, 1.82) is 0 Å². The largest absolute Gasteiger partial charge is 0.455 e. The van der Waals surface area contributed by atoms with Crippen LogP contribution in [0.4, 0.5) is 17.1 Å². The predicted octanol–water partition coefficient (Wildman–Crippen LogP) is 18.7. The lowest BCUT2D eigenvalue weighted by molar-refractivity contribution is 0.670. The second kappa shape index (κ2) is 15.5. The standard InChI is InChI=1S/C64H40N2OS/c1-2-15-43-38-45(29-28-41(43)14-1)44-16-13-17-48(39-44)66(56-23-8-3-18-49(56)46-32-37-62-55(40-46)53-22-7-12-27-61(53)68-62)59-36-35-54-52-21-6-11-26-60(52)67-64(54)63(59)42-30-33-47(34-31-42)65-57-24-9-4-19-50(57)51-20-5-10-25-58(51)65/h1-40H. The fourth-order valence-electron chi connectivity index (χ4n) is 10.6. The molecule has 4 heteroatoms. The average Bonchev–Trinajstić information content (AvgIpc) is 4.08. The van der Waals surface area contributed by atoms with Gasteiger partial charge >= 0.3 is 0 Å².